The van der Waals surface area contributed by atoms with Crippen LogP contribution in [-0.2, 0) is 13.1 Å². The first-order valence-electron chi connectivity index (χ1n) is 13.6. The van der Waals surface area contributed by atoms with Crippen LogP contribution in [0.1, 0.15) is 24.0 Å². The van der Waals surface area contributed by atoms with Gasteiger partial charge in [-0.05, 0) is 74.4 Å². The molecule has 0 radical (unpaired) electrons. The molecule has 1 aromatic heterocycles. The van der Waals surface area contributed by atoms with Crippen LogP contribution in [0.2, 0.25) is 0 Å². The molecule has 0 spiro atoms. The Kier molecular flexibility index (Phi) is 25.6. The number of nitrogens with two attached hydrogens (primary N) is 2. The van der Waals surface area contributed by atoms with E-state index in [1.807, 2.05) is 17.5 Å². The van der Waals surface area contributed by atoms with E-state index < -0.39 is 0 Å². The van der Waals surface area contributed by atoms with Crippen molar-refractivity contribution < 1.29 is 0 Å². The zero-order valence-electron chi connectivity index (χ0n) is 24.4. The van der Waals surface area contributed by atoms with Crippen molar-refractivity contribution in [3.05, 3.63) is 63.4 Å². The molecule has 0 amide bonds. The minimum absolute atomic E-state index is 0. The topological polar surface area (TPSA) is 129 Å². The van der Waals surface area contributed by atoms with Crippen molar-refractivity contribution in [1.82, 2.24) is 25.8 Å². The molecule has 2 heterocycles. The lowest BCUT2D eigenvalue weighted by atomic mass is 10.1. The van der Waals surface area contributed by atoms with Crippen LogP contribution in [0.5, 0.6) is 0 Å². The van der Waals surface area contributed by atoms with Gasteiger partial charge in [0.2, 0.25) is 5.13 Å². The highest BCUT2D eigenvalue weighted by molar-refractivity contribution is 9.10. The summed E-state index contributed by atoms with van der Waals surface area (Å²) in [6.45, 7) is 10.0. The van der Waals surface area contributed by atoms with Crippen LogP contribution in [0.3, 0.4) is 0 Å². The number of nitrogens with zero attached hydrogens (tertiary/aromatic N) is 3. The van der Waals surface area contributed by atoms with Crippen molar-refractivity contribution in [2.75, 3.05) is 57.7 Å². The highest BCUT2D eigenvalue weighted by Gasteiger charge is 2.09. The van der Waals surface area contributed by atoms with Crippen LogP contribution >= 0.6 is 89.3 Å². The first kappa shape index (κ1) is 45.0. The number of hydrogen-bond donors (Lipinski definition) is 6. The maximum absolute atomic E-state index is 5.48. The summed E-state index contributed by atoms with van der Waals surface area (Å²) in [6, 6.07) is 15.0. The second kappa shape index (κ2) is 25.1. The van der Waals surface area contributed by atoms with Gasteiger partial charge in [-0.3, -0.25) is 4.90 Å². The molecule has 1 aliphatic rings. The molecule has 44 heavy (non-hydrogen) atoms. The number of anilines is 1. The van der Waals surface area contributed by atoms with Gasteiger partial charge >= 0.3 is 0 Å². The summed E-state index contributed by atoms with van der Waals surface area (Å²) in [7, 11) is 0. The molecule has 3 aromatic rings. The average Bonchev–Trinajstić information content (AvgIpc) is 3.37. The fourth-order valence-electron chi connectivity index (χ4n) is 4.55. The molecular formula is C28H45BrCl5N9S. The lowest BCUT2D eigenvalue weighted by Crippen LogP contribution is -2.36. The number of rotatable bonds is 7. The van der Waals surface area contributed by atoms with Crippen molar-refractivity contribution in [2.24, 2.45) is 16.5 Å². The predicted molar refractivity (Wildman–Crippen MR) is 204 cm³/mol. The quantitative estimate of drug-likeness (QED) is 0.136. The second-order valence-corrected chi connectivity index (χ2v) is 11.4. The Morgan fingerprint density at radius 3 is 2.27 bits per heavy atom. The summed E-state index contributed by atoms with van der Waals surface area (Å²) < 4.78 is 1.11. The standard InChI is InChI=1S/C28H40BrN9S.5ClH/c29-24-15-21(18-35-25-5-1-4-23(17-25)26-20-39-28(36-26)37-27(30)31)14-22(16-24)19-38-12-3-8-33-10-9-32-6-2-7-34-11-13-38;;;;;/h1,4-5,14-17,20,32-35H,2-3,6-13,18-19H2,(H4,30,31,36,37);5*1H. The summed E-state index contributed by atoms with van der Waals surface area (Å²) in [4.78, 5) is 11.1. The SMILES string of the molecule is Cl.Cl.Cl.Cl.Cl.NC(N)=Nc1nc(-c2cccc(NCc3cc(Br)cc(CN4CCCNCCNCCCNCC4)c3)c2)cs1. The van der Waals surface area contributed by atoms with E-state index in [1.54, 1.807) is 0 Å². The zero-order chi connectivity index (χ0) is 27.3. The Balaban J connectivity index is 0. The summed E-state index contributed by atoms with van der Waals surface area (Å²) >= 11 is 5.16. The van der Waals surface area contributed by atoms with E-state index >= 15 is 0 Å². The molecule has 4 rings (SSSR count). The molecule has 1 fully saturated rings. The summed E-state index contributed by atoms with van der Waals surface area (Å²) in [5.41, 5.74) is 16.4. The fraction of sp³-hybridized carbons (Fsp3) is 0.429. The Morgan fingerprint density at radius 2 is 1.55 bits per heavy atom. The molecule has 250 valence electrons. The second-order valence-electron chi connectivity index (χ2n) is 9.69. The van der Waals surface area contributed by atoms with Crippen molar-refractivity contribution in [1.29, 1.82) is 0 Å². The number of aromatic nitrogens is 1. The highest BCUT2D eigenvalue weighted by atomic mass is 79.9. The van der Waals surface area contributed by atoms with Crippen molar-refractivity contribution in [2.45, 2.75) is 25.9 Å². The molecule has 1 aliphatic heterocycles. The van der Waals surface area contributed by atoms with Crippen LogP contribution in [0.4, 0.5) is 10.8 Å². The zero-order valence-corrected chi connectivity index (χ0v) is 30.9. The maximum Gasteiger partial charge on any atom is 0.212 e. The van der Waals surface area contributed by atoms with Crippen LogP contribution in [0.25, 0.3) is 11.3 Å². The molecule has 0 unspecified atom stereocenters. The van der Waals surface area contributed by atoms with Crippen molar-refractivity contribution >= 4 is 106 Å². The number of nitrogens with one attached hydrogen (secondary N) is 4. The number of halogens is 6. The molecular weight excluding hydrogens is 752 g/mol. The number of thiazole rings is 1. The molecule has 9 nitrogen and oxygen atoms in total. The monoisotopic (exact) mass is 793 g/mol. The summed E-state index contributed by atoms with van der Waals surface area (Å²) in [5.74, 6) is 0.0140. The van der Waals surface area contributed by atoms with Gasteiger partial charge in [0.05, 0.1) is 5.69 Å². The molecule has 0 atom stereocenters. The Labute approximate surface area is 304 Å². The fourth-order valence-corrected chi connectivity index (χ4v) is 5.85. The number of hydrogen-bond acceptors (Lipinski definition) is 8. The first-order chi connectivity index (χ1) is 19.0. The van der Waals surface area contributed by atoms with Crippen LogP contribution in [0, 0.1) is 0 Å². The number of aliphatic imine (C=N–C) groups is 1. The Morgan fingerprint density at radius 1 is 0.864 bits per heavy atom. The van der Waals surface area contributed by atoms with Crippen LogP contribution in [0.15, 0.2) is 57.3 Å². The van der Waals surface area contributed by atoms with Gasteiger partial charge in [-0.15, -0.1) is 73.4 Å². The van der Waals surface area contributed by atoms with E-state index in [9.17, 15) is 0 Å². The molecule has 8 N–H and O–H groups in total. The minimum atomic E-state index is 0. The molecule has 1 saturated heterocycles. The lowest BCUT2D eigenvalue weighted by molar-refractivity contribution is 0.260. The van der Waals surface area contributed by atoms with E-state index in [0.29, 0.717) is 5.13 Å². The van der Waals surface area contributed by atoms with E-state index in [4.69, 9.17) is 11.5 Å². The van der Waals surface area contributed by atoms with Crippen LogP contribution in [-0.4, -0.2) is 68.2 Å². The Hall–Kier alpha value is -1.09. The van der Waals surface area contributed by atoms with E-state index in [-0.39, 0.29) is 68.0 Å². The third-order valence-electron chi connectivity index (χ3n) is 6.41. The smallest absolute Gasteiger partial charge is 0.212 e. The number of guanidine groups is 1. The predicted octanol–water partition coefficient (Wildman–Crippen LogP) is 5.56. The molecule has 0 aliphatic carbocycles. The van der Waals surface area contributed by atoms with E-state index in [2.05, 4.69) is 82.4 Å². The molecule has 0 bridgehead atoms. The Bertz CT molecular complexity index is 1200. The van der Waals surface area contributed by atoms with Gasteiger partial charge in [-0.2, -0.15) is 4.99 Å². The van der Waals surface area contributed by atoms with E-state index in [1.165, 1.54) is 22.5 Å². The van der Waals surface area contributed by atoms with Gasteiger partial charge in [-0.25, -0.2) is 4.98 Å². The molecule has 0 saturated carbocycles. The maximum atomic E-state index is 5.48. The average molecular weight is 797 g/mol. The molecule has 2 aromatic carbocycles. The lowest BCUT2D eigenvalue weighted by Gasteiger charge is -2.24. The summed E-state index contributed by atoms with van der Waals surface area (Å²) in [5, 5.41) is 16.7. The first-order valence-corrected chi connectivity index (χ1v) is 15.2. The van der Waals surface area contributed by atoms with Gasteiger partial charge in [0.25, 0.3) is 0 Å². The van der Waals surface area contributed by atoms with Gasteiger partial charge in [-0.1, -0.05) is 34.1 Å². The largest absolute Gasteiger partial charge is 0.381 e. The van der Waals surface area contributed by atoms with Gasteiger partial charge in [0, 0.05) is 60.4 Å². The van der Waals surface area contributed by atoms with Crippen LogP contribution < -0.4 is 32.7 Å². The minimum Gasteiger partial charge on any atom is -0.381 e. The van der Waals surface area contributed by atoms with Gasteiger partial charge < -0.3 is 32.7 Å². The highest BCUT2D eigenvalue weighted by Crippen LogP contribution is 2.28. The van der Waals surface area contributed by atoms with Crippen molar-refractivity contribution in [3.8, 4) is 11.3 Å². The summed E-state index contributed by atoms with van der Waals surface area (Å²) in [6.07, 6.45) is 2.30. The van der Waals surface area contributed by atoms with Gasteiger partial charge in [0.1, 0.15) is 0 Å². The van der Waals surface area contributed by atoms with Crippen molar-refractivity contribution in [3.63, 3.8) is 0 Å². The van der Waals surface area contributed by atoms with E-state index in [0.717, 1.165) is 99.7 Å². The third-order valence-corrected chi connectivity index (χ3v) is 7.61. The van der Waals surface area contributed by atoms with Gasteiger partial charge in [0.15, 0.2) is 5.96 Å². The molecule has 16 heteroatoms. The number of benzene rings is 2. The third kappa shape index (κ3) is 16.5. The normalized spacial score (nSPS) is 14.5.